The zero-order chi connectivity index (χ0) is 26.0. The minimum Gasteiger partial charge on any atom is -0.508 e. The maximum Gasteiger partial charge on any atom is 0.224 e. The Morgan fingerprint density at radius 1 is 1.08 bits per heavy atom. The number of aldehydes is 1. The van der Waals surface area contributed by atoms with Crippen LogP contribution in [0.3, 0.4) is 0 Å². The Balaban J connectivity index is 1.52. The average Bonchev–Trinajstić information content (AvgIpc) is 3.13. The molecule has 0 aromatic heterocycles. The molecular weight excluding hydrogens is 452 g/mol. The number of aliphatic hydroxyl groups is 1. The summed E-state index contributed by atoms with van der Waals surface area (Å²) in [6.07, 6.45) is 9.65. The normalized spacial score (nSPS) is 15.8. The van der Waals surface area contributed by atoms with E-state index in [-0.39, 0.29) is 23.8 Å². The van der Waals surface area contributed by atoms with Crippen molar-refractivity contribution in [3.05, 3.63) is 64.7 Å². The van der Waals surface area contributed by atoms with E-state index in [0.29, 0.717) is 24.4 Å². The van der Waals surface area contributed by atoms with E-state index in [4.69, 9.17) is 0 Å². The van der Waals surface area contributed by atoms with E-state index < -0.39 is 5.92 Å². The SMILES string of the molecule is CC(C)(Cc1cccc(CC(=O)NCC2CCCCCC2)c1)NCC(C=O)c1ccc(O)c(CO)c1. The second kappa shape index (κ2) is 13.6. The molecule has 1 fully saturated rings. The van der Waals surface area contributed by atoms with Crippen LogP contribution in [0.1, 0.15) is 80.5 Å². The highest BCUT2D eigenvalue weighted by Crippen LogP contribution is 2.24. The first-order chi connectivity index (χ1) is 17.3. The van der Waals surface area contributed by atoms with Crippen molar-refractivity contribution in [1.29, 1.82) is 0 Å². The minimum absolute atomic E-state index is 0.0252. The number of hydrogen-bond acceptors (Lipinski definition) is 5. The molecule has 196 valence electrons. The van der Waals surface area contributed by atoms with Gasteiger partial charge in [0.05, 0.1) is 18.9 Å². The van der Waals surface area contributed by atoms with Gasteiger partial charge in [-0.25, -0.2) is 0 Å². The number of amides is 1. The van der Waals surface area contributed by atoms with Gasteiger partial charge in [-0.2, -0.15) is 0 Å². The highest BCUT2D eigenvalue weighted by Gasteiger charge is 2.22. The van der Waals surface area contributed by atoms with Gasteiger partial charge in [0.1, 0.15) is 12.0 Å². The summed E-state index contributed by atoms with van der Waals surface area (Å²) >= 11 is 0. The quantitative estimate of drug-likeness (QED) is 0.259. The molecule has 0 saturated heterocycles. The largest absolute Gasteiger partial charge is 0.508 e. The first-order valence-corrected chi connectivity index (χ1v) is 13.3. The third-order valence-corrected chi connectivity index (χ3v) is 7.23. The summed E-state index contributed by atoms with van der Waals surface area (Å²) in [6.45, 7) is 5.14. The smallest absolute Gasteiger partial charge is 0.224 e. The predicted octanol–water partition coefficient (Wildman–Crippen LogP) is 4.41. The first-order valence-electron chi connectivity index (χ1n) is 13.3. The number of phenols is 1. The Kier molecular flexibility index (Phi) is 10.5. The second-order valence-electron chi connectivity index (χ2n) is 10.9. The van der Waals surface area contributed by atoms with Gasteiger partial charge in [-0.05, 0) is 67.9 Å². The molecule has 0 radical (unpaired) electrons. The lowest BCUT2D eigenvalue weighted by molar-refractivity contribution is -0.120. The summed E-state index contributed by atoms with van der Waals surface area (Å²) in [5, 5.41) is 25.9. The fourth-order valence-electron chi connectivity index (χ4n) is 5.09. The molecule has 36 heavy (non-hydrogen) atoms. The lowest BCUT2D eigenvalue weighted by atomic mass is 9.91. The molecule has 6 heteroatoms. The Bertz CT molecular complexity index is 996. The van der Waals surface area contributed by atoms with Crippen LogP contribution in [-0.4, -0.2) is 41.0 Å². The summed E-state index contributed by atoms with van der Waals surface area (Å²) < 4.78 is 0. The molecule has 1 aliphatic rings. The molecule has 0 aliphatic heterocycles. The maximum atomic E-state index is 12.6. The molecule has 3 rings (SSSR count). The van der Waals surface area contributed by atoms with E-state index in [1.807, 2.05) is 12.1 Å². The number of aromatic hydroxyl groups is 1. The number of aliphatic hydroxyl groups excluding tert-OH is 1. The lowest BCUT2D eigenvalue weighted by Crippen LogP contribution is -2.43. The topological polar surface area (TPSA) is 98.7 Å². The van der Waals surface area contributed by atoms with E-state index in [2.05, 4.69) is 36.6 Å². The van der Waals surface area contributed by atoms with E-state index in [0.717, 1.165) is 35.9 Å². The number of carbonyl (C=O) groups is 2. The molecule has 6 nitrogen and oxygen atoms in total. The van der Waals surface area contributed by atoms with Crippen molar-refractivity contribution in [3.8, 4) is 5.75 Å². The van der Waals surface area contributed by atoms with Crippen molar-refractivity contribution in [1.82, 2.24) is 10.6 Å². The molecular formula is C30H42N2O4. The summed E-state index contributed by atoms with van der Waals surface area (Å²) in [4.78, 5) is 24.3. The van der Waals surface area contributed by atoms with Gasteiger partial charge in [-0.3, -0.25) is 4.79 Å². The van der Waals surface area contributed by atoms with E-state index in [9.17, 15) is 19.8 Å². The van der Waals surface area contributed by atoms with Crippen LogP contribution >= 0.6 is 0 Å². The summed E-state index contributed by atoms with van der Waals surface area (Å²) in [7, 11) is 0. The van der Waals surface area contributed by atoms with Crippen LogP contribution in [0.5, 0.6) is 5.75 Å². The van der Waals surface area contributed by atoms with Gasteiger partial charge in [0, 0.05) is 24.2 Å². The van der Waals surface area contributed by atoms with Crippen molar-refractivity contribution in [2.75, 3.05) is 13.1 Å². The number of benzene rings is 2. The molecule has 0 heterocycles. The van der Waals surface area contributed by atoms with Gasteiger partial charge in [-0.15, -0.1) is 0 Å². The Morgan fingerprint density at radius 3 is 2.50 bits per heavy atom. The van der Waals surface area contributed by atoms with E-state index in [1.165, 1.54) is 44.6 Å². The molecule has 1 atom stereocenters. The van der Waals surface area contributed by atoms with Crippen LogP contribution in [-0.2, 0) is 29.0 Å². The van der Waals surface area contributed by atoms with Gasteiger partial charge >= 0.3 is 0 Å². The highest BCUT2D eigenvalue weighted by atomic mass is 16.3. The number of hydrogen-bond donors (Lipinski definition) is 4. The minimum atomic E-state index is -0.390. The molecule has 2 aromatic carbocycles. The Hall–Kier alpha value is -2.70. The van der Waals surface area contributed by atoms with Crippen LogP contribution < -0.4 is 10.6 Å². The standard InChI is InChI=1S/C30H42N2O4/c1-30(2,32-19-27(21-34)25-12-13-28(35)26(16-25)20-33)17-24-11-7-10-23(14-24)15-29(36)31-18-22-8-5-3-4-6-9-22/h7,10-14,16,21-22,27,32-33,35H,3-6,8-9,15,17-20H2,1-2H3,(H,31,36). The lowest BCUT2D eigenvalue weighted by Gasteiger charge is -2.28. The van der Waals surface area contributed by atoms with Crippen molar-refractivity contribution >= 4 is 12.2 Å². The van der Waals surface area contributed by atoms with Crippen LogP contribution in [0.15, 0.2) is 42.5 Å². The molecule has 1 amide bonds. The molecule has 0 bridgehead atoms. The molecule has 0 spiro atoms. The maximum absolute atomic E-state index is 12.6. The van der Waals surface area contributed by atoms with Crippen molar-refractivity contribution in [2.45, 2.75) is 83.3 Å². The first kappa shape index (κ1) is 27.9. The van der Waals surface area contributed by atoms with Crippen LogP contribution in [0, 0.1) is 5.92 Å². The number of rotatable bonds is 12. The fraction of sp³-hybridized carbons (Fsp3) is 0.533. The van der Waals surface area contributed by atoms with Gasteiger partial charge in [0.2, 0.25) is 5.91 Å². The van der Waals surface area contributed by atoms with E-state index in [1.54, 1.807) is 12.1 Å². The number of carbonyl (C=O) groups excluding carboxylic acids is 2. The van der Waals surface area contributed by atoms with Gasteiger partial charge in [0.15, 0.2) is 0 Å². The monoisotopic (exact) mass is 494 g/mol. The molecule has 1 saturated carbocycles. The number of nitrogens with one attached hydrogen (secondary N) is 2. The average molecular weight is 495 g/mol. The van der Waals surface area contributed by atoms with Crippen molar-refractivity contribution < 1.29 is 19.8 Å². The third kappa shape index (κ3) is 8.75. The highest BCUT2D eigenvalue weighted by molar-refractivity contribution is 5.78. The molecule has 4 N–H and O–H groups in total. The van der Waals surface area contributed by atoms with Crippen molar-refractivity contribution in [2.24, 2.45) is 5.92 Å². The zero-order valence-corrected chi connectivity index (χ0v) is 21.8. The van der Waals surface area contributed by atoms with Gasteiger partial charge in [0.25, 0.3) is 0 Å². The fourth-order valence-corrected chi connectivity index (χ4v) is 5.09. The summed E-state index contributed by atoms with van der Waals surface area (Å²) in [5.41, 5.74) is 3.03. The van der Waals surface area contributed by atoms with Gasteiger partial charge in [-0.1, -0.05) is 56.0 Å². The van der Waals surface area contributed by atoms with Gasteiger partial charge < -0.3 is 25.6 Å². The van der Waals surface area contributed by atoms with E-state index >= 15 is 0 Å². The van der Waals surface area contributed by atoms with Crippen molar-refractivity contribution in [3.63, 3.8) is 0 Å². The second-order valence-corrected chi connectivity index (χ2v) is 10.9. The Labute approximate surface area is 215 Å². The summed E-state index contributed by atoms with van der Waals surface area (Å²) in [5.74, 6) is 0.330. The summed E-state index contributed by atoms with van der Waals surface area (Å²) in [6, 6.07) is 13.1. The Morgan fingerprint density at radius 2 is 1.81 bits per heavy atom. The van der Waals surface area contributed by atoms with Crippen LogP contribution in [0.25, 0.3) is 0 Å². The van der Waals surface area contributed by atoms with Crippen LogP contribution in [0.4, 0.5) is 0 Å². The zero-order valence-electron chi connectivity index (χ0n) is 21.8. The molecule has 1 aliphatic carbocycles. The predicted molar refractivity (Wildman–Crippen MR) is 143 cm³/mol. The molecule has 1 unspecified atom stereocenters. The third-order valence-electron chi connectivity index (χ3n) is 7.23. The molecule has 2 aromatic rings. The van der Waals surface area contributed by atoms with Crippen LogP contribution in [0.2, 0.25) is 0 Å².